The van der Waals surface area contributed by atoms with E-state index in [2.05, 4.69) is 34.1 Å². The molecule has 0 aliphatic rings. The van der Waals surface area contributed by atoms with E-state index < -0.39 is 0 Å². The van der Waals surface area contributed by atoms with Crippen molar-refractivity contribution in [3.63, 3.8) is 0 Å². The molecule has 160 valence electrons. The minimum Gasteiger partial charge on any atom is -0.493 e. The largest absolute Gasteiger partial charge is 0.493 e. The van der Waals surface area contributed by atoms with Crippen molar-refractivity contribution >= 4 is 17.2 Å². The van der Waals surface area contributed by atoms with Crippen LogP contribution in [0.1, 0.15) is 35.6 Å². The molecule has 2 heterocycles. The maximum atomic E-state index is 12.9. The molecule has 0 aliphatic heterocycles. The molecule has 0 bridgehead atoms. The number of benzene rings is 1. The summed E-state index contributed by atoms with van der Waals surface area (Å²) in [6, 6.07) is 7.26. The highest BCUT2D eigenvalue weighted by molar-refractivity contribution is 6.08. The predicted octanol–water partition coefficient (Wildman–Crippen LogP) is 3.33. The summed E-state index contributed by atoms with van der Waals surface area (Å²) in [4.78, 5) is 19.6. The minimum atomic E-state index is -0.276. The van der Waals surface area contributed by atoms with E-state index in [1.807, 2.05) is 19.9 Å². The van der Waals surface area contributed by atoms with Crippen molar-refractivity contribution in [2.24, 2.45) is 0 Å². The normalized spacial score (nSPS) is 11.1. The molecule has 8 nitrogen and oxygen atoms in total. The summed E-state index contributed by atoms with van der Waals surface area (Å²) in [6.07, 6.45) is 1.54. The number of hydrogen-bond donors (Lipinski definition) is 1. The number of anilines is 1. The van der Waals surface area contributed by atoms with Gasteiger partial charge in [-0.2, -0.15) is 5.10 Å². The summed E-state index contributed by atoms with van der Waals surface area (Å²) >= 11 is 0. The fourth-order valence-corrected chi connectivity index (χ4v) is 3.32. The lowest BCUT2D eigenvalue weighted by molar-refractivity contribution is 0.102. The Labute approximate surface area is 176 Å². The van der Waals surface area contributed by atoms with Crippen LogP contribution in [0.5, 0.6) is 11.5 Å². The van der Waals surface area contributed by atoms with Gasteiger partial charge < -0.3 is 19.7 Å². The molecule has 0 fully saturated rings. The maximum absolute atomic E-state index is 12.9. The van der Waals surface area contributed by atoms with Gasteiger partial charge in [-0.25, -0.2) is 9.50 Å². The van der Waals surface area contributed by atoms with Crippen molar-refractivity contribution in [1.82, 2.24) is 19.5 Å². The summed E-state index contributed by atoms with van der Waals surface area (Å²) in [5.41, 5.74) is 3.32. The van der Waals surface area contributed by atoms with Crippen LogP contribution in [-0.4, -0.2) is 58.8 Å². The second-order valence-corrected chi connectivity index (χ2v) is 7.03. The number of hydrogen-bond acceptors (Lipinski definition) is 6. The second-order valence-electron chi connectivity index (χ2n) is 7.03. The smallest absolute Gasteiger partial charge is 0.261 e. The Morgan fingerprint density at radius 2 is 1.93 bits per heavy atom. The molecular formula is C22H29N5O3. The molecule has 0 atom stereocenters. The molecule has 2 aromatic heterocycles. The topological polar surface area (TPSA) is 81.0 Å². The highest BCUT2D eigenvalue weighted by atomic mass is 16.5. The highest BCUT2D eigenvalue weighted by Gasteiger charge is 2.17. The van der Waals surface area contributed by atoms with Crippen LogP contribution in [0, 0.1) is 13.8 Å². The van der Waals surface area contributed by atoms with Crippen LogP contribution in [0.3, 0.4) is 0 Å². The molecule has 0 radical (unpaired) electrons. The average molecular weight is 412 g/mol. The van der Waals surface area contributed by atoms with Gasteiger partial charge in [0.05, 0.1) is 13.3 Å². The van der Waals surface area contributed by atoms with Gasteiger partial charge in [0.15, 0.2) is 17.1 Å². The van der Waals surface area contributed by atoms with Crippen molar-refractivity contribution in [2.45, 2.75) is 27.7 Å². The van der Waals surface area contributed by atoms with Gasteiger partial charge in [-0.05, 0) is 45.1 Å². The summed E-state index contributed by atoms with van der Waals surface area (Å²) in [6.45, 7) is 11.4. The molecule has 0 saturated heterocycles. The van der Waals surface area contributed by atoms with Crippen LogP contribution in [0.25, 0.3) is 5.65 Å². The van der Waals surface area contributed by atoms with Gasteiger partial charge in [0.25, 0.3) is 5.91 Å². The van der Waals surface area contributed by atoms with Crippen LogP contribution in [-0.2, 0) is 0 Å². The third-order valence-electron chi connectivity index (χ3n) is 5.00. The first kappa shape index (κ1) is 21.6. The maximum Gasteiger partial charge on any atom is 0.261 e. The SMILES string of the molecule is CCN(CC)CCOc1cc(NC(=O)c2cnn3c(C)cc(C)nc23)ccc1OC. The van der Waals surface area contributed by atoms with Crippen LogP contribution in [0.2, 0.25) is 0 Å². The van der Waals surface area contributed by atoms with Crippen molar-refractivity contribution in [3.05, 3.63) is 47.4 Å². The first-order valence-corrected chi connectivity index (χ1v) is 10.1. The molecule has 8 heteroatoms. The lowest BCUT2D eigenvalue weighted by Crippen LogP contribution is -2.28. The second kappa shape index (κ2) is 9.58. The van der Waals surface area contributed by atoms with E-state index in [-0.39, 0.29) is 5.91 Å². The Balaban J connectivity index is 1.77. The summed E-state index contributed by atoms with van der Waals surface area (Å²) < 4.78 is 13.0. The fourth-order valence-electron chi connectivity index (χ4n) is 3.32. The summed E-state index contributed by atoms with van der Waals surface area (Å²) in [5.74, 6) is 0.935. The Kier molecular flexibility index (Phi) is 6.89. The van der Waals surface area contributed by atoms with E-state index in [1.54, 1.807) is 29.8 Å². The zero-order chi connectivity index (χ0) is 21.7. The number of likely N-dealkylation sites (N-methyl/N-ethyl adjacent to an activating group) is 1. The van der Waals surface area contributed by atoms with Crippen molar-refractivity contribution in [1.29, 1.82) is 0 Å². The Hall–Kier alpha value is -3.13. The van der Waals surface area contributed by atoms with Crippen LogP contribution in [0.4, 0.5) is 5.69 Å². The van der Waals surface area contributed by atoms with Crippen molar-refractivity contribution in [3.8, 4) is 11.5 Å². The Morgan fingerprint density at radius 1 is 1.17 bits per heavy atom. The van der Waals surface area contributed by atoms with Crippen molar-refractivity contribution in [2.75, 3.05) is 38.7 Å². The van der Waals surface area contributed by atoms with Crippen LogP contribution in [0.15, 0.2) is 30.5 Å². The van der Waals surface area contributed by atoms with E-state index in [0.29, 0.717) is 35.0 Å². The van der Waals surface area contributed by atoms with E-state index in [0.717, 1.165) is 31.0 Å². The van der Waals surface area contributed by atoms with Crippen molar-refractivity contribution < 1.29 is 14.3 Å². The fraction of sp³-hybridized carbons (Fsp3) is 0.409. The standard InChI is InChI=1S/C22H29N5O3/c1-6-26(7-2)10-11-30-20-13-17(8-9-19(20)29-5)25-22(28)18-14-23-27-16(4)12-15(3)24-21(18)27/h8-9,12-14H,6-7,10-11H2,1-5H3,(H,25,28). The predicted molar refractivity (Wildman–Crippen MR) is 117 cm³/mol. The number of aryl methyl sites for hydroxylation is 2. The molecule has 1 aromatic carbocycles. The van der Waals surface area contributed by atoms with E-state index in [1.165, 1.54) is 6.20 Å². The van der Waals surface area contributed by atoms with Gasteiger partial charge >= 0.3 is 0 Å². The first-order valence-electron chi connectivity index (χ1n) is 10.1. The molecule has 3 rings (SSSR count). The molecule has 3 aromatic rings. The zero-order valence-corrected chi connectivity index (χ0v) is 18.2. The summed E-state index contributed by atoms with van der Waals surface area (Å²) in [7, 11) is 1.60. The molecular weight excluding hydrogens is 382 g/mol. The molecule has 0 unspecified atom stereocenters. The van der Waals surface area contributed by atoms with Gasteiger partial charge in [0, 0.05) is 29.7 Å². The number of nitrogens with one attached hydrogen (secondary N) is 1. The number of nitrogens with zero attached hydrogens (tertiary/aromatic N) is 4. The summed E-state index contributed by atoms with van der Waals surface area (Å²) in [5, 5.41) is 7.19. The molecule has 1 N–H and O–H groups in total. The molecule has 0 aliphatic carbocycles. The number of methoxy groups -OCH3 is 1. The number of carbonyl (C=O) groups excluding carboxylic acids is 1. The lowest BCUT2D eigenvalue weighted by Gasteiger charge is -2.19. The first-order chi connectivity index (χ1) is 14.5. The number of carbonyl (C=O) groups is 1. The third-order valence-corrected chi connectivity index (χ3v) is 5.00. The quantitative estimate of drug-likeness (QED) is 0.582. The molecule has 0 spiro atoms. The average Bonchev–Trinajstić information content (AvgIpc) is 3.15. The zero-order valence-electron chi connectivity index (χ0n) is 18.2. The Bertz CT molecular complexity index is 1030. The van der Waals surface area contributed by atoms with Gasteiger partial charge in [0.1, 0.15) is 12.2 Å². The molecule has 30 heavy (non-hydrogen) atoms. The van der Waals surface area contributed by atoms with Crippen LogP contribution >= 0.6 is 0 Å². The van der Waals surface area contributed by atoms with Crippen LogP contribution < -0.4 is 14.8 Å². The van der Waals surface area contributed by atoms with E-state index >= 15 is 0 Å². The van der Waals surface area contributed by atoms with E-state index in [9.17, 15) is 4.79 Å². The van der Waals surface area contributed by atoms with Gasteiger partial charge in [-0.1, -0.05) is 13.8 Å². The number of ether oxygens (including phenoxy) is 2. The number of fused-ring (bicyclic) bond motifs is 1. The monoisotopic (exact) mass is 411 g/mol. The van der Waals surface area contributed by atoms with Gasteiger partial charge in [0.2, 0.25) is 0 Å². The molecule has 0 saturated carbocycles. The molecule has 1 amide bonds. The van der Waals surface area contributed by atoms with Gasteiger partial charge in [-0.15, -0.1) is 0 Å². The third kappa shape index (κ3) is 4.71. The highest BCUT2D eigenvalue weighted by Crippen LogP contribution is 2.30. The minimum absolute atomic E-state index is 0.276. The lowest BCUT2D eigenvalue weighted by atomic mass is 10.2. The van der Waals surface area contributed by atoms with E-state index in [4.69, 9.17) is 9.47 Å². The number of aromatic nitrogens is 3. The number of amides is 1. The Morgan fingerprint density at radius 3 is 2.63 bits per heavy atom. The van der Waals surface area contributed by atoms with Gasteiger partial charge in [-0.3, -0.25) is 4.79 Å². The number of rotatable bonds is 9.